The first kappa shape index (κ1) is 16.1. The van der Waals surface area contributed by atoms with Gasteiger partial charge in [-0.05, 0) is 43.4 Å². The number of carbonyl (C=O) groups excluding carboxylic acids is 1. The Balaban J connectivity index is 0.00000161. The molecule has 0 bridgehead atoms. The molecule has 1 aliphatic carbocycles. The van der Waals surface area contributed by atoms with Gasteiger partial charge >= 0.3 is 0 Å². The third-order valence-electron chi connectivity index (χ3n) is 4.48. The first-order valence-corrected chi connectivity index (χ1v) is 7.58. The summed E-state index contributed by atoms with van der Waals surface area (Å²) in [4.78, 5) is 12.4. The lowest BCUT2D eigenvalue weighted by atomic mass is 9.97. The molecule has 116 valence electrons. The van der Waals surface area contributed by atoms with Crippen LogP contribution in [0.5, 0.6) is 0 Å². The lowest BCUT2D eigenvalue weighted by Crippen LogP contribution is -2.33. The normalized spacial score (nSPS) is 23.7. The minimum atomic E-state index is -0.248. The molecule has 1 saturated carbocycles. The summed E-state index contributed by atoms with van der Waals surface area (Å²) in [5, 5.41) is 16.1. The van der Waals surface area contributed by atoms with Crippen molar-refractivity contribution in [1.29, 1.82) is 0 Å². The molecule has 1 heterocycles. The summed E-state index contributed by atoms with van der Waals surface area (Å²) < 4.78 is 0. The zero-order chi connectivity index (χ0) is 13.9. The van der Waals surface area contributed by atoms with Crippen LogP contribution in [0, 0.1) is 5.92 Å². The zero-order valence-corrected chi connectivity index (χ0v) is 12.9. The van der Waals surface area contributed by atoms with E-state index in [1.54, 1.807) is 0 Å². The third kappa shape index (κ3) is 3.50. The van der Waals surface area contributed by atoms with Crippen LogP contribution in [0.1, 0.15) is 41.6 Å². The van der Waals surface area contributed by atoms with Crippen LogP contribution >= 0.6 is 12.4 Å². The van der Waals surface area contributed by atoms with Crippen LogP contribution in [0.3, 0.4) is 0 Å². The van der Waals surface area contributed by atoms with Crippen LogP contribution in [0.15, 0.2) is 18.2 Å². The number of nitrogens with one attached hydrogen (secondary N) is 2. The molecule has 21 heavy (non-hydrogen) atoms. The second-order valence-corrected chi connectivity index (χ2v) is 5.83. The van der Waals surface area contributed by atoms with E-state index < -0.39 is 0 Å². The van der Waals surface area contributed by atoms with Gasteiger partial charge < -0.3 is 15.7 Å². The van der Waals surface area contributed by atoms with E-state index in [0.29, 0.717) is 6.54 Å². The molecule has 1 fully saturated rings. The maximum absolute atomic E-state index is 12.4. The maximum Gasteiger partial charge on any atom is 0.251 e. The Morgan fingerprint density at radius 3 is 2.95 bits per heavy atom. The number of anilines is 1. The van der Waals surface area contributed by atoms with Gasteiger partial charge in [-0.25, -0.2) is 0 Å². The van der Waals surface area contributed by atoms with Gasteiger partial charge in [-0.2, -0.15) is 0 Å². The number of benzene rings is 1. The summed E-state index contributed by atoms with van der Waals surface area (Å²) in [5.74, 6) is 0.210. The van der Waals surface area contributed by atoms with Crippen molar-refractivity contribution < 1.29 is 9.90 Å². The monoisotopic (exact) mass is 310 g/mol. The van der Waals surface area contributed by atoms with Crippen LogP contribution < -0.4 is 10.6 Å². The molecular formula is C16H23ClN2O2. The van der Waals surface area contributed by atoms with E-state index in [4.69, 9.17) is 0 Å². The average Bonchev–Trinajstić information content (AvgIpc) is 2.89. The Hall–Kier alpha value is -1.26. The Bertz CT molecular complexity index is 507. The van der Waals surface area contributed by atoms with E-state index in [-0.39, 0.29) is 30.3 Å². The Kier molecular flexibility index (Phi) is 5.48. The van der Waals surface area contributed by atoms with Crippen molar-refractivity contribution in [3.63, 3.8) is 0 Å². The van der Waals surface area contributed by atoms with Gasteiger partial charge in [0.2, 0.25) is 0 Å². The van der Waals surface area contributed by atoms with Gasteiger partial charge in [0, 0.05) is 30.3 Å². The van der Waals surface area contributed by atoms with Gasteiger partial charge in [0.1, 0.15) is 0 Å². The molecular weight excluding hydrogens is 288 g/mol. The molecule has 3 N–H and O–H groups in total. The van der Waals surface area contributed by atoms with Crippen LogP contribution in [-0.4, -0.2) is 30.2 Å². The SMILES string of the molecule is Cl.O=C(NCC1CCCC1O)c1cccc2c1CCCN2. The number of aliphatic hydroxyl groups excluding tert-OH is 1. The van der Waals surface area contributed by atoms with Crippen molar-refractivity contribution in [3.8, 4) is 0 Å². The van der Waals surface area contributed by atoms with Crippen molar-refractivity contribution in [2.75, 3.05) is 18.4 Å². The largest absolute Gasteiger partial charge is 0.393 e. The minimum absolute atomic E-state index is 0. The van der Waals surface area contributed by atoms with E-state index in [9.17, 15) is 9.90 Å². The second-order valence-electron chi connectivity index (χ2n) is 5.83. The summed E-state index contributed by atoms with van der Waals surface area (Å²) in [5.41, 5.74) is 3.00. The van der Waals surface area contributed by atoms with Crippen LogP contribution in [0.4, 0.5) is 5.69 Å². The van der Waals surface area contributed by atoms with Crippen molar-refractivity contribution in [2.45, 2.75) is 38.2 Å². The molecule has 2 aliphatic rings. The molecule has 1 aromatic carbocycles. The van der Waals surface area contributed by atoms with Crippen molar-refractivity contribution in [2.24, 2.45) is 5.92 Å². The second kappa shape index (κ2) is 7.14. The molecule has 3 rings (SSSR count). The third-order valence-corrected chi connectivity index (χ3v) is 4.48. The van der Waals surface area contributed by atoms with Crippen molar-refractivity contribution >= 4 is 24.0 Å². The molecule has 0 saturated heterocycles. The van der Waals surface area contributed by atoms with E-state index in [1.165, 1.54) is 0 Å². The number of hydrogen-bond donors (Lipinski definition) is 3. The molecule has 2 unspecified atom stereocenters. The number of fused-ring (bicyclic) bond motifs is 1. The first-order chi connectivity index (χ1) is 9.75. The highest BCUT2D eigenvalue weighted by atomic mass is 35.5. The van der Waals surface area contributed by atoms with Crippen LogP contribution in [-0.2, 0) is 6.42 Å². The quantitative estimate of drug-likeness (QED) is 0.803. The van der Waals surface area contributed by atoms with E-state index in [2.05, 4.69) is 10.6 Å². The molecule has 4 nitrogen and oxygen atoms in total. The fourth-order valence-corrected chi connectivity index (χ4v) is 3.30. The van der Waals surface area contributed by atoms with Crippen molar-refractivity contribution in [1.82, 2.24) is 5.32 Å². The molecule has 0 radical (unpaired) electrons. The van der Waals surface area contributed by atoms with E-state index in [0.717, 1.165) is 55.5 Å². The minimum Gasteiger partial charge on any atom is -0.393 e. The van der Waals surface area contributed by atoms with Gasteiger partial charge in [0.15, 0.2) is 0 Å². The fraction of sp³-hybridized carbons (Fsp3) is 0.562. The standard InChI is InChI=1S/C16H22N2O2.ClH/c19-15-8-1-4-11(15)10-18-16(20)13-5-2-7-14-12(13)6-3-9-17-14;/h2,5,7,11,15,17,19H,1,3-4,6,8-10H2,(H,18,20);1H. The summed E-state index contributed by atoms with van der Waals surface area (Å²) in [6.45, 7) is 1.56. The lowest BCUT2D eigenvalue weighted by Gasteiger charge is -2.21. The molecule has 5 heteroatoms. The smallest absolute Gasteiger partial charge is 0.251 e. The van der Waals surface area contributed by atoms with E-state index >= 15 is 0 Å². The molecule has 0 spiro atoms. The van der Waals surface area contributed by atoms with Gasteiger partial charge in [-0.1, -0.05) is 12.5 Å². The maximum atomic E-state index is 12.4. The highest BCUT2D eigenvalue weighted by Gasteiger charge is 2.26. The summed E-state index contributed by atoms with van der Waals surface area (Å²) in [6.07, 6.45) is 4.71. The van der Waals surface area contributed by atoms with Gasteiger partial charge in [-0.3, -0.25) is 4.79 Å². The van der Waals surface area contributed by atoms with E-state index in [1.807, 2.05) is 18.2 Å². The van der Waals surface area contributed by atoms with Crippen molar-refractivity contribution in [3.05, 3.63) is 29.3 Å². The number of amides is 1. The van der Waals surface area contributed by atoms with Crippen LogP contribution in [0.25, 0.3) is 0 Å². The number of halogens is 1. The van der Waals surface area contributed by atoms with Gasteiger partial charge in [-0.15, -0.1) is 12.4 Å². The Morgan fingerprint density at radius 1 is 1.33 bits per heavy atom. The predicted molar refractivity (Wildman–Crippen MR) is 86.2 cm³/mol. The first-order valence-electron chi connectivity index (χ1n) is 7.58. The Morgan fingerprint density at radius 2 is 2.19 bits per heavy atom. The molecule has 1 amide bonds. The highest BCUT2D eigenvalue weighted by molar-refractivity contribution is 5.97. The number of aliphatic hydroxyl groups is 1. The lowest BCUT2D eigenvalue weighted by molar-refractivity contribution is 0.0916. The summed E-state index contributed by atoms with van der Waals surface area (Å²) in [6, 6.07) is 5.86. The number of carbonyl (C=O) groups is 1. The topological polar surface area (TPSA) is 61.4 Å². The number of hydrogen-bond acceptors (Lipinski definition) is 3. The molecule has 1 aliphatic heterocycles. The van der Waals surface area contributed by atoms with Gasteiger partial charge in [0.25, 0.3) is 5.91 Å². The Labute approximate surface area is 131 Å². The zero-order valence-electron chi connectivity index (χ0n) is 12.1. The molecule has 2 atom stereocenters. The summed E-state index contributed by atoms with van der Waals surface area (Å²) >= 11 is 0. The summed E-state index contributed by atoms with van der Waals surface area (Å²) in [7, 11) is 0. The predicted octanol–water partition coefficient (Wildman–Crippen LogP) is 2.36. The molecule has 1 aromatic rings. The molecule has 0 aromatic heterocycles. The average molecular weight is 311 g/mol. The number of rotatable bonds is 3. The fourth-order valence-electron chi connectivity index (χ4n) is 3.30. The van der Waals surface area contributed by atoms with Gasteiger partial charge in [0.05, 0.1) is 6.10 Å². The van der Waals surface area contributed by atoms with Crippen LogP contribution in [0.2, 0.25) is 0 Å². The highest BCUT2D eigenvalue weighted by Crippen LogP contribution is 2.26.